The summed E-state index contributed by atoms with van der Waals surface area (Å²) in [6.45, 7) is 4.86. The fourth-order valence-corrected chi connectivity index (χ4v) is 2.59. The van der Waals surface area contributed by atoms with Gasteiger partial charge in [0, 0.05) is 19.6 Å². The average Bonchev–Trinajstić information content (AvgIpc) is 2.36. The van der Waals surface area contributed by atoms with Crippen molar-refractivity contribution in [1.82, 2.24) is 5.32 Å². The van der Waals surface area contributed by atoms with Crippen molar-refractivity contribution in [3.63, 3.8) is 0 Å². The van der Waals surface area contributed by atoms with Crippen molar-refractivity contribution in [1.29, 1.82) is 0 Å². The minimum Gasteiger partial charge on any atom is -0.396 e. The number of hydrogen-bond acceptors (Lipinski definition) is 2. The maximum Gasteiger partial charge on any atom is 0.220 e. The summed E-state index contributed by atoms with van der Waals surface area (Å²) in [6.07, 6.45) is 7.26. The SMILES string of the molecule is CC(CO)CNC(=O)CC(C)C1CCCCC1. The first kappa shape index (κ1) is 14.5. The molecule has 3 heteroatoms. The summed E-state index contributed by atoms with van der Waals surface area (Å²) in [5.41, 5.74) is 0. The first-order valence-corrected chi connectivity index (χ1v) is 7.01. The molecule has 0 heterocycles. The third-order valence-electron chi connectivity index (χ3n) is 3.92. The van der Waals surface area contributed by atoms with Crippen LogP contribution in [0.3, 0.4) is 0 Å². The molecule has 2 unspecified atom stereocenters. The van der Waals surface area contributed by atoms with Crippen LogP contribution in [0.2, 0.25) is 0 Å². The van der Waals surface area contributed by atoms with E-state index in [-0.39, 0.29) is 18.4 Å². The second-order valence-electron chi connectivity index (χ2n) is 5.67. The lowest BCUT2D eigenvalue weighted by molar-refractivity contribution is -0.122. The molecule has 1 fully saturated rings. The molecule has 0 bridgehead atoms. The van der Waals surface area contributed by atoms with Gasteiger partial charge in [-0.2, -0.15) is 0 Å². The quantitative estimate of drug-likeness (QED) is 0.750. The van der Waals surface area contributed by atoms with Gasteiger partial charge in [0.2, 0.25) is 5.91 Å². The molecule has 1 saturated carbocycles. The van der Waals surface area contributed by atoms with Gasteiger partial charge in [-0.3, -0.25) is 4.79 Å². The Labute approximate surface area is 105 Å². The van der Waals surface area contributed by atoms with E-state index in [0.717, 1.165) is 5.92 Å². The number of nitrogens with one attached hydrogen (secondary N) is 1. The third-order valence-corrected chi connectivity index (χ3v) is 3.92. The van der Waals surface area contributed by atoms with Crippen molar-refractivity contribution in [2.75, 3.05) is 13.2 Å². The predicted molar refractivity (Wildman–Crippen MR) is 69.6 cm³/mol. The number of aliphatic hydroxyl groups excluding tert-OH is 1. The van der Waals surface area contributed by atoms with Gasteiger partial charge >= 0.3 is 0 Å². The third kappa shape index (κ3) is 5.53. The van der Waals surface area contributed by atoms with Gasteiger partial charge in [-0.15, -0.1) is 0 Å². The van der Waals surface area contributed by atoms with Gasteiger partial charge in [-0.1, -0.05) is 46.0 Å². The summed E-state index contributed by atoms with van der Waals surface area (Å²) in [5, 5.41) is 11.8. The molecule has 0 radical (unpaired) electrons. The highest BCUT2D eigenvalue weighted by molar-refractivity contribution is 5.76. The van der Waals surface area contributed by atoms with Crippen molar-refractivity contribution >= 4 is 5.91 Å². The minimum atomic E-state index is 0.137. The zero-order chi connectivity index (χ0) is 12.7. The number of amides is 1. The molecule has 1 aliphatic carbocycles. The van der Waals surface area contributed by atoms with Gasteiger partial charge < -0.3 is 10.4 Å². The summed E-state index contributed by atoms with van der Waals surface area (Å²) in [5.74, 6) is 1.54. The molecule has 0 saturated heterocycles. The van der Waals surface area contributed by atoms with E-state index in [0.29, 0.717) is 18.9 Å². The lowest BCUT2D eigenvalue weighted by Gasteiger charge is -2.27. The summed E-state index contributed by atoms with van der Waals surface area (Å²) < 4.78 is 0. The molecule has 0 aromatic rings. The van der Waals surface area contributed by atoms with E-state index in [1.54, 1.807) is 0 Å². The Balaban J connectivity index is 2.20. The Bertz CT molecular complexity index is 224. The van der Waals surface area contributed by atoms with Gasteiger partial charge in [0.1, 0.15) is 0 Å². The van der Waals surface area contributed by atoms with Crippen LogP contribution in [-0.2, 0) is 4.79 Å². The molecule has 1 rings (SSSR count). The van der Waals surface area contributed by atoms with E-state index >= 15 is 0 Å². The van der Waals surface area contributed by atoms with Crippen LogP contribution in [-0.4, -0.2) is 24.2 Å². The van der Waals surface area contributed by atoms with Gasteiger partial charge in [0.05, 0.1) is 0 Å². The molecule has 100 valence electrons. The molecule has 17 heavy (non-hydrogen) atoms. The van der Waals surface area contributed by atoms with Crippen LogP contribution < -0.4 is 5.32 Å². The van der Waals surface area contributed by atoms with E-state index in [9.17, 15) is 4.79 Å². The van der Waals surface area contributed by atoms with Crippen LogP contribution in [0.5, 0.6) is 0 Å². The van der Waals surface area contributed by atoms with Crippen LogP contribution in [0.15, 0.2) is 0 Å². The average molecular weight is 241 g/mol. The van der Waals surface area contributed by atoms with Crippen LogP contribution in [0.25, 0.3) is 0 Å². The highest BCUT2D eigenvalue weighted by atomic mass is 16.3. The van der Waals surface area contributed by atoms with Crippen LogP contribution in [0.4, 0.5) is 0 Å². The van der Waals surface area contributed by atoms with Crippen LogP contribution >= 0.6 is 0 Å². The largest absolute Gasteiger partial charge is 0.396 e. The van der Waals surface area contributed by atoms with E-state index < -0.39 is 0 Å². The number of carbonyl (C=O) groups excluding carboxylic acids is 1. The maximum atomic E-state index is 11.7. The van der Waals surface area contributed by atoms with E-state index in [1.807, 2.05) is 6.92 Å². The fourth-order valence-electron chi connectivity index (χ4n) is 2.59. The lowest BCUT2D eigenvalue weighted by Crippen LogP contribution is -2.32. The topological polar surface area (TPSA) is 49.3 Å². The number of hydrogen-bond donors (Lipinski definition) is 2. The molecule has 1 aliphatic rings. The molecular weight excluding hydrogens is 214 g/mol. The zero-order valence-electron chi connectivity index (χ0n) is 11.2. The van der Waals surface area contributed by atoms with Gasteiger partial charge in [-0.05, 0) is 17.8 Å². The smallest absolute Gasteiger partial charge is 0.220 e. The molecule has 3 nitrogen and oxygen atoms in total. The second-order valence-corrected chi connectivity index (χ2v) is 5.67. The molecule has 2 atom stereocenters. The zero-order valence-corrected chi connectivity index (χ0v) is 11.2. The summed E-state index contributed by atoms with van der Waals surface area (Å²) in [6, 6.07) is 0. The molecule has 1 amide bonds. The van der Waals surface area contributed by atoms with Crippen molar-refractivity contribution in [3.8, 4) is 0 Å². The summed E-state index contributed by atoms with van der Waals surface area (Å²) in [4.78, 5) is 11.7. The van der Waals surface area contributed by atoms with E-state index in [1.165, 1.54) is 32.1 Å². The van der Waals surface area contributed by atoms with Gasteiger partial charge in [0.15, 0.2) is 0 Å². The van der Waals surface area contributed by atoms with Crippen molar-refractivity contribution < 1.29 is 9.90 Å². The van der Waals surface area contributed by atoms with E-state index in [4.69, 9.17) is 5.11 Å². The minimum absolute atomic E-state index is 0.137. The monoisotopic (exact) mass is 241 g/mol. The Morgan fingerprint density at radius 1 is 1.29 bits per heavy atom. The van der Waals surface area contributed by atoms with Crippen molar-refractivity contribution in [2.45, 2.75) is 52.4 Å². The Kier molecular flexibility index (Phi) is 6.56. The molecule has 0 aliphatic heterocycles. The number of aliphatic hydroxyl groups is 1. The Morgan fingerprint density at radius 2 is 1.94 bits per heavy atom. The highest BCUT2D eigenvalue weighted by Crippen LogP contribution is 2.31. The normalized spacial score (nSPS) is 20.9. The fraction of sp³-hybridized carbons (Fsp3) is 0.929. The van der Waals surface area contributed by atoms with Gasteiger partial charge in [-0.25, -0.2) is 0 Å². The Hall–Kier alpha value is -0.570. The second kappa shape index (κ2) is 7.70. The summed E-state index contributed by atoms with van der Waals surface area (Å²) >= 11 is 0. The van der Waals surface area contributed by atoms with Crippen LogP contribution in [0.1, 0.15) is 52.4 Å². The molecule has 0 aromatic carbocycles. The first-order chi connectivity index (χ1) is 8.13. The molecular formula is C14H27NO2. The summed E-state index contributed by atoms with van der Waals surface area (Å²) in [7, 11) is 0. The number of carbonyl (C=O) groups is 1. The number of rotatable bonds is 6. The van der Waals surface area contributed by atoms with Gasteiger partial charge in [0.25, 0.3) is 0 Å². The predicted octanol–water partition coefficient (Wildman–Crippen LogP) is 2.34. The molecule has 0 aromatic heterocycles. The highest BCUT2D eigenvalue weighted by Gasteiger charge is 2.22. The molecule has 0 spiro atoms. The van der Waals surface area contributed by atoms with Crippen LogP contribution in [0, 0.1) is 17.8 Å². The molecule has 2 N–H and O–H groups in total. The lowest BCUT2D eigenvalue weighted by atomic mass is 9.79. The van der Waals surface area contributed by atoms with Crippen molar-refractivity contribution in [3.05, 3.63) is 0 Å². The van der Waals surface area contributed by atoms with E-state index in [2.05, 4.69) is 12.2 Å². The standard InChI is InChI=1S/C14H27NO2/c1-11(10-16)9-15-14(17)8-12(2)13-6-4-3-5-7-13/h11-13,16H,3-10H2,1-2H3,(H,15,17). The van der Waals surface area contributed by atoms with Crippen molar-refractivity contribution in [2.24, 2.45) is 17.8 Å². The maximum absolute atomic E-state index is 11.7. The first-order valence-electron chi connectivity index (χ1n) is 7.01. The Morgan fingerprint density at radius 3 is 2.53 bits per heavy atom.